The van der Waals surface area contributed by atoms with Crippen LogP contribution in [-0.2, 0) is 22.4 Å². The number of carbonyl (C=O) groups is 2. The lowest BCUT2D eigenvalue weighted by Gasteiger charge is -2.26. The molecule has 2 aromatic rings. The third-order valence-electron chi connectivity index (χ3n) is 4.99. The van der Waals surface area contributed by atoms with Crippen molar-refractivity contribution in [1.29, 1.82) is 0 Å². The Hall–Kier alpha value is -1.66. The van der Waals surface area contributed by atoms with Crippen molar-refractivity contribution in [3.05, 3.63) is 43.8 Å². The van der Waals surface area contributed by atoms with E-state index in [1.54, 1.807) is 18.3 Å². The lowest BCUT2D eigenvalue weighted by atomic mass is 10.2. The number of hydrogen-bond donors (Lipinski definition) is 0. The molecule has 2 aliphatic rings. The number of carbonyl (C=O) groups excluding carboxylic acids is 2. The molecular formula is C19H21NO3S2. The van der Waals surface area contributed by atoms with Gasteiger partial charge in [-0.1, -0.05) is 6.07 Å². The number of fused-ring (bicyclic) bond motifs is 1. The smallest absolute Gasteiger partial charge is 0.349 e. The fourth-order valence-corrected chi connectivity index (χ4v) is 5.75. The third-order valence-corrected chi connectivity index (χ3v) is 7.18. The maximum absolute atomic E-state index is 12.8. The molecule has 1 amide bonds. The minimum atomic E-state index is -0.745. The summed E-state index contributed by atoms with van der Waals surface area (Å²) in [5, 5.41) is 2.04. The highest BCUT2D eigenvalue weighted by atomic mass is 32.1. The molecule has 1 aliphatic carbocycles. The van der Waals surface area contributed by atoms with Crippen LogP contribution in [-0.4, -0.2) is 29.4 Å². The van der Waals surface area contributed by atoms with Crippen LogP contribution >= 0.6 is 22.7 Å². The Bertz CT molecular complexity index is 759. The molecule has 1 aliphatic heterocycles. The largest absolute Gasteiger partial charge is 0.448 e. The number of ether oxygens (including phenoxy) is 1. The second-order valence-corrected chi connectivity index (χ2v) is 8.78. The van der Waals surface area contributed by atoms with Crippen LogP contribution in [0.5, 0.6) is 0 Å². The third kappa shape index (κ3) is 3.25. The fraction of sp³-hybridized carbons (Fsp3) is 0.474. The van der Waals surface area contributed by atoms with Crippen molar-refractivity contribution in [2.24, 2.45) is 0 Å². The van der Waals surface area contributed by atoms with E-state index in [1.165, 1.54) is 33.1 Å². The van der Waals surface area contributed by atoms with Gasteiger partial charge in [0, 0.05) is 16.3 Å². The summed E-state index contributed by atoms with van der Waals surface area (Å²) in [6, 6.07) is 6.15. The van der Waals surface area contributed by atoms with Crippen molar-refractivity contribution in [3.63, 3.8) is 0 Å². The van der Waals surface area contributed by atoms with E-state index in [-0.39, 0.29) is 17.9 Å². The second-order valence-electron chi connectivity index (χ2n) is 6.67. The molecule has 1 fully saturated rings. The van der Waals surface area contributed by atoms with E-state index in [2.05, 4.69) is 6.07 Å². The summed E-state index contributed by atoms with van der Waals surface area (Å²) in [7, 11) is 0. The quantitative estimate of drug-likeness (QED) is 0.752. The Balaban J connectivity index is 1.42. The molecule has 2 atom stereocenters. The Morgan fingerprint density at radius 1 is 1.32 bits per heavy atom. The molecule has 0 spiro atoms. The van der Waals surface area contributed by atoms with Crippen LogP contribution in [0.2, 0.25) is 0 Å². The van der Waals surface area contributed by atoms with Crippen LogP contribution < -0.4 is 0 Å². The summed E-state index contributed by atoms with van der Waals surface area (Å²) in [5.41, 5.74) is 1.27. The van der Waals surface area contributed by atoms with Crippen molar-refractivity contribution in [2.45, 2.75) is 51.2 Å². The van der Waals surface area contributed by atoms with E-state index in [0.29, 0.717) is 4.88 Å². The second kappa shape index (κ2) is 6.92. The monoisotopic (exact) mass is 375 g/mol. The first-order chi connectivity index (χ1) is 12.1. The van der Waals surface area contributed by atoms with Gasteiger partial charge in [0.1, 0.15) is 4.88 Å². The van der Waals surface area contributed by atoms with Crippen LogP contribution in [0.3, 0.4) is 0 Å². The summed E-state index contributed by atoms with van der Waals surface area (Å²) >= 11 is 3.19. The molecule has 3 heterocycles. The number of hydrogen-bond acceptors (Lipinski definition) is 5. The number of esters is 1. The van der Waals surface area contributed by atoms with Gasteiger partial charge in [-0.05, 0) is 62.1 Å². The Morgan fingerprint density at radius 2 is 2.20 bits per heavy atom. The maximum atomic E-state index is 12.8. The van der Waals surface area contributed by atoms with Crippen LogP contribution in [0.4, 0.5) is 0 Å². The van der Waals surface area contributed by atoms with Gasteiger partial charge in [0.15, 0.2) is 6.10 Å². The molecule has 4 rings (SSSR count). The van der Waals surface area contributed by atoms with E-state index < -0.39 is 6.10 Å². The van der Waals surface area contributed by atoms with Crippen LogP contribution in [0.15, 0.2) is 23.6 Å². The van der Waals surface area contributed by atoms with Crippen molar-refractivity contribution >= 4 is 34.6 Å². The molecular weight excluding hydrogens is 354 g/mol. The number of aryl methyl sites for hydroxylation is 2. The molecule has 25 heavy (non-hydrogen) atoms. The van der Waals surface area contributed by atoms with Gasteiger partial charge in [0.05, 0.1) is 6.04 Å². The lowest BCUT2D eigenvalue weighted by Crippen LogP contribution is -2.39. The molecule has 0 bridgehead atoms. The summed E-state index contributed by atoms with van der Waals surface area (Å²) in [5.74, 6) is -0.458. The Kier molecular flexibility index (Phi) is 4.65. The highest BCUT2D eigenvalue weighted by Crippen LogP contribution is 2.35. The van der Waals surface area contributed by atoms with Crippen molar-refractivity contribution in [1.82, 2.24) is 4.90 Å². The normalized spacial score (nSPS) is 20.5. The van der Waals surface area contributed by atoms with Crippen molar-refractivity contribution in [3.8, 4) is 0 Å². The van der Waals surface area contributed by atoms with Crippen LogP contribution in [0.1, 0.15) is 57.2 Å². The molecule has 4 nitrogen and oxygen atoms in total. The minimum absolute atomic E-state index is 0.0895. The predicted octanol–water partition coefficient (Wildman–Crippen LogP) is 4.21. The van der Waals surface area contributed by atoms with Gasteiger partial charge < -0.3 is 9.64 Å². The van der Waals surface area contributed by atoms with E-state index in [1.807, 2.05) is 22.4 Å². The fourth-order valence-electron chi connectivity index (χ4n) is 3.74. The first-order valence-corrected chi connectivity index (χ1v) is 10.5. The first kappa shape index (κ1) is 16.8. The van der Waals surface area contributed by atoms with Gasteiger partial charge in [-0.25, -0.2) is 4.79 Å². The summed E-state index contributed by atoms with van der Waals surface area (Å²) < 4.78 is 5.50. The van der Waals surface area contributed by atoms with Gasteiger partial charge >= 0.3 is 5.97 Å². The highest BCUT2D eigenvalue weighted by molar-refractivity contribution is 7.14. The Labute approximate surface area is 155 Å². The van der Waals surface area contributed by atoms with E-state index >= 15 is 0 Å². The first-order valence-electron chi connectivity index (χ1n) is 8.80. The molecule has 0 aromatic carbocycles. The van der Waals surface area contributed by atoms with Gasteiger partial charge in [-0.3, -0.25) is 4.79 Å². The minimum Gasteiger partial charge on any atom is -0.448 e. The van der Waals surface area contributed by atoms with Gasteiger partial charge in [-0.2, -0.15) is 0 Å². The average molecular weight is 376 g/mol. The van der Waals surface area contributed by atoms with Gasteiger partial charge in [0.2, 0.25) is 0 Å². The zero-order valence-electron chi connectivity index (χ0n) is 14.2. The molecule has 0 radical (unpaired) electrons. The zero-order chi connectivity index (χ0) is 17.4. The van der Waals surface area contributed by atoms with Crippen LogP contribution in [0.25, 0.3) is 0 Å². The molecule has 0 unspecified atom stereocenters. The summed E-state index contributed by atoms with van der Waals surface area (Å²) in [4.78, 5) is 30.2. The lowest BCUT2D eigenvalue weighted by molar-refractivity contribution is -0.140. The summed E-state index contributed by atoms with van der Waals surface area (Å²) in [6.45, 7) is 2.42. The summed E-state index contributed by atoms with van der Waals surface area (Å²) in [6.07, 6.45) is 4.49. The average Bonchev–Trinajstić information content (AvgIpc) is 3.36. The highest BCUT2D eigenvalue weighted by Gasteiger charge is 2.34. The maximum Gasteiger partial charge on any atom is 0.349 e. The number of amides is 1. The van der Waals surface area contributed by atoms with E-state index in [0.717, 1.165) is 32.2 Å². The van der Waals surface area contributed by atoms with E-state index in [9.17, 15) is 9.59 Å². The molecule has 1 saturated heterocycles. The number of thiophene rings is 2. The standard InChI is InChI=1S/C19H21NO3S2/c1-12(23-19(22)17-11-13-5-2-7-15(13)25-17)18(21)20-9-3-6-14(20)16-8-4-10-24-16/h4,8,10-12,14H,2-3,5-7,9H2,1H3/t12-,14-/m0/s1. The van der Waals surface area contributed by atoms with Crippen molar-refractivity contribution < 1.29 is 14.3 Å². The molecule has 2 aromatic heterocycles. The number of rotatable bonds is 4. The predicted molar refractivity (Wildman–Crippen MR) is 99.2 cm³/mol. The zero-order valence-corrected chi connectivity index (χ0v) is 15.8. The van der Waals surface area contributed by atoms with Crippen molar-refractivity contribution in [2.75, 3.05) is 6.54 Å². The molecule has 132 valence electrons. The molecule has 0 N–H and O–H groups in total. The van der Waals surface area contributed by atoms with Crippen LogP contribution in [0, 0.1) is 0 Å². The van der Waals surface area contributed by atoms with E-state index in [4.69, 9.17) is 4.74 Å². The number of nitrogens with zero attached hydrogens (tertiary/aromatic N) is 1. The topological polar surface area (TPSA) is 46.6 Å². The van der Waals surface area contributed by atoms with Gasteiger partial charge in [-0.15, -0.1) is 22.7 Å². The molecule has 6 heteroatoms. The SMILES string of the molecule is C[C@H](OC(=O)c1cc2c(s1)CCC2)C(=O)N1CCC[C@H]1c1cccs1. The Morgan fingerprint density at radius 3 is 2.96 bits per heavy atom. The number of likely N-dealkylation sites (tertiary alicyclic amines) is 1. The molecule has 0 saturated carbocycles. The van der Waals surface area contributed by atoms with Gasteiger partial charge in [0.25, 0.3) is 5.91 Å².